The predicted molar refractivity (Wildman–Crippen MR) is 278 cm³/mol. The monoisotopic (exact) mass is 858 g/mol. The molecule has 1 aliphatic rings. The zero-order valence-electron chi connectivity index (χ0n) is 37.0. The van der Waals surface area contributed by atoms with E-state index in [1.54, 1.807) is 0 Å². The second-order valence-corrected chi connectivity index (χ2v) is 18.5. The number of oxazole rings is 1. The maximum absolute atomic E-state index is 6.69. The Kier molecular flexibility index (Phi) is 8.00. The molecule has 13 aromatic rings. The van der Waals surface area contributed by atoms with Gasteiger partial charge >= 0.3 is 0 Å². The molecule has 0 amide bonds. The number of nitrogens with zero attached hydrogens (tertiary/aromatic N) is 2. The van der Waals surface area contributed by atoms with Crippen molar-refractivity contribution in [2.24, 2.45) is 0 Å². The minimum absolute atomic E-state index is 0.266. The lowest BCUT2D eigenvalue weighted by Gasteiger charge is -2.28. The third-order valence-corrected chi connectivity index (χ3v) is 14.4. The number of furan rings is 1. The number of rotatable bonds is 6. The minimum atomic E-state index is -0.266. The topological polar surface area (TPSA) is 33.9 Å². The van der Waals surface area contributed by atoms with Gasteiger partial charge < -0.3 is 13.7 Å². The summed E-state index contributed by atoms with van der Waals surface area (Å²) < 4.78 is 15.6. The molecule has 0 fully saturated rings. The average Bonchev–Trinajstić information content (AvgIpc) is 4.10. The summed E-state index contributed by atoms with van der Waals surface area (Å²) >= 11 is 0. The van der Waals surface area contributed by atoms with Crippen LogP contribution < -0.4 is 4.90 Å². The lowest BCUT2D eigenvalue weighted by atomic mass is 9.81. The van der Waals surface area contributed by atoms with E-state index in [2.05, 4.69) is 242 Å². The number of anilines is 3. The molecule has 14 rings (SSSR count). The average molecular weight is 859 g/mol. The van der Waals surface area contributed by atoms with Crippen molar-refractivity contribution in [2.45, 2.75) is 19.3 Å². The van der Waals surface area contributed by atoms with Gasteiger partial charge in [0.15, 0.2) is 5.58 Å². The van der Waals surface area contributed by atoms with Crippen molar-refractivity contribution in [2.75, 3.05) is 4.90 Å². The number of fused-ring (bicyclic) bond motifs is 13. The normalized spacial score (nSPS) is 13.0. The van der Waals surface area contributed by atoms with E-state index in [9.17, 15) is 0 Å². The summed E-state index contributed by atoms with van der Waals surface area (Å²) in [6.07, 6.45) is 0. The van der Waals surface area contributed by atoms with Crippen molar-refractivity contribution in [3.63, 3.8) is 0 Å². The first kappa shape index (κ1) is 37.7. The van der Waals surface area contributed by atoms with E-state index in [-0.39, 0.29) is 5.41 Å². The fraction of sp³-hybridized carbons (Fsp3) is 0.0476. The molecule has 1 aliphatic carbocycles. The van der Waals surface area contributed by atoms with Gasteiger partial charge in [0.2, 0.25) is 5.71 Å². The van der Waals surface area contributed by atoms with E-state index in [0.717, 1.165) is 78.0 Å². The van der Waals surface area contributed by atoms with Crippen LogP contribution in [0.25, 0.3) is 105 Å². The number of aromatic nitrogens is 1. The first-order chi connectivity index (χ1) is 33.0. The van der Waals surface area contributed by atoms with Gasteiger partial charge in [-0.25, -0.2) is 0 Å². The predicted octanol–water partition coefficient (Wildman–Crippen LogP) is 17.7. The Bertz CT molecular complexity index is 4120. The lowest BCUT2D eigenvalue weighted by molar-refractivity contribution is 0.658. The number of hydrogen-bond donors (Lipinski definition) is 0. The van der Waals surface area contributed by atoms with Gasteiger partial charge in [-0.1, -0.05) is 159 Å². The molecule has 0 radical (unpaired) electrons. The summed E-state index contributed by atoms with van der Waals surface area (Å²) in [5.41, 5.74) is 20.8. The van der Waals surface area contributed by atoms with Gasteiger partial charge in [0.25, 0.3) is 0 Å². The molecule has 67 heavy (non-hydrogen) atoms. The second-order valence-electron chi connectivity index (χ2n) is 18.5. The van der Waals surface area contributed by atoms with E-state index in [1.165, 1.54) is 55.1 Å². The molecule has 10 aromatic carbocycles. The Hall–Kier alpha value is -8.60. The molecule has 316 valence electrons. The van der Waals surface area contributed by atoms with Crippen LogP contribution in [0.5, 0.6) is 0 Å². The van der Waals surface area contributed by atoms with Gasteiger partial charge in [0.05, 0.1) is 16.6 Å². The molecule has 0 saturated heterocycles. The van der Waals surface area contributed by atoms with Crippen LogP contribution in [0.4, 0.5) is 17.1 Å². The van der Waals surface area contributed by atoms with Gasteiger partial charge in [-0.2, -0.15) is 0 Å². The standard InChI is InChI=1S/C63H42N2O2/c1-63(2)53-35-43(44-25-33-57-56(36-44)65-55-20-12-11-19-51(55)60(62(65)67-57)42-16-7-4-8-17-42)23-30-49(53)50-31-28-46(37-54(50)63)64(45-26-21-40(22-27-45)39-13-5-3-6-14-39)47-29-32-52-59(38-47)66-58-34-24-41-15-9-10-18-48(41)61(52)58/h3-38H,1-2H3. The first-order valence-electron chi connectivity index (χ1n) is 23.1. The Labute approximate surface area is 387 Å². The van der Waals surface area contributed by atoms with Gasteiger partial charge in [-0.3, -0.25) is 4.40 Å². The van der Waals surface area contributed by atoms with Crippen molar-refractivity contribution in [1.82, 2.24) is 4.40 Å². The Morgan fingerprint density at radius 2 is 0.985 bits per heavy atom. The van der Waals surface area contributed by atoms with E-state index >= 15 is 0 Å². The Morgan fingerprint density at radius 3 is 1.81 bits per heavy atom. The van der Waals surface area contributed by atoms with Crippen molar-refractivity contribution < 1.29 is 8.83 Å². The molecule has 3 aromatic heterocycles. The largest absolute Gasteiger partial charge is 0.456 e. The van der Waals surface area contributed by atoms with E-state index in [4.69, 9.17) is 8.83 Å². The van der Waals surface area contributed by atoms with Crippen LogP contribution >= 0.6 is 0 Å². The molecule has 0 spiro atoms. The highest BCUT2D eigenvalue weighted by molar-refractivity contribution is 6.19. The molecule has 0 atom stereocenters. The lowest BCUT2D eigenvalue weighted by Crippen LogP contribution is -2.16. The van der Waals surface area contributed by atoms with Crippen LogP contribution in [-0.4, -0.2) is 4.40 Å². The van der Waals surface area contributed by atoms with Crippen LogP contribution in [0.2, 0.25) is 0 Å². The Morgan fingerprint density at radius 1 is 0.388 bits per heavy atom. The van der Waals surface area contributed by atoms with E-state index in [1.807, 2.05) is 0 Å². The molecule has 4 nitrogen and oxygen atoms in total. The third kappa shape index (κ3) is 5.66. The second kappa shape index (κ2) is 14.2. The van der Waals surface area contributed by atoms with Gasteiger partial charge in [0.1, 0.15) is 11.2 Å². The van der Waals surface area contributed by atoms with E-state index < -0.39 is 0 Å². The highest BCUT2D eigenvalue weighted by Gasteiger charge is 2.36. The maximum Gasteiger partial charge on any atom is 0.213 e. The van der Waals surface area contributed by atoms with Crippen LogP contribution in [0.15, 0.2) is 227 Å². The molecule has 0 saturated carbocycles. The maximum atomic E-state index is 6.69. The fourth-order valence-corrected chi connectivity index (χ4v) is 11.1. The highest BCUT2D eigenvalue weighted by atomic mass is 16.3. The number of para-hydroxylation sites is 1. The smallest absolute Gasteiger partial charge is 0.213 e. The van der Waals surface area contributed by atoms with Crippen molar-refractivity contribution in [3.8, 4) is 44.5 Å². The quantitative estimate of drug-likeness (QED) is 0.167. The van der Waals surface area contributed by atoms with Crippen LogP contribution in [0, 0.1) is 0 Å². The molecular formula is C63H42N2O2. The SMILES string of the molecule is CC1(C)c2cc(-c3ccc4oc5c(-c6ccccc6)c6ccccc6n5c4c3)ccc2-c2ccc(N(c3ccc(-c4ccccc4)cc3)c3ccc4c(c3)oc3ccc5ccccc5c34)cc21. The summed E-state index contributed by atoms with van der Waals surface area (Å²) in [6.45, 7) is 4.74. The molecule has 4 heteroatoms. The molecule has 0 N–H and O–H groups in total. The molecule has 0 bridgehead atoms. The van der Waals surface area contributed by atoms with Crippen LogP contribution in [0.1, 0.15) is 25.0 Å². The fourth-order valence-electron chi connectivity index (χ4n) is 11.1. The Balaban J connectivity index is 0.876. The van der Waals surface area contributed by atoms with Crippen LogP contribution in [0.3, 0.4) is 0 Å². The van der Waals surface area contributed by atoms with Gasteiger partial charge in [0, 0.05) is 44.7 Å². The van der Waals surface area contributed by atoms with Gasteiger partial charge in [-0.15, -0.1) is 0 Å². The van der Waals surface area contributed by atoms with Crippen molar-refractivity contribution in [1.29, 1.82) is 0 Å². The molecule has 0 unspecified atom stereocenters. The van der Waals surface area contributed by atoms with Crippen LogP contribution in [-0.2, 0) is 5.41 Å². The number of hydrogen-bond acceptors (Lipinski definition) is 3. The summed E-state index contributed by atoms with van der Waals surface area (Å²) in [5.74, 6) is 0. The summed E-state index contributed by atoms with van der Waals surface area (Å²) in [5, 5.41) is 5.87. The van der Waals surface area contributed by atoms with E-state index in [0.29, 0.717) is 0 Å². The molecule has 0 aliphatic heterocycles. The summed E-state index contributed by atoms with van der Waals surface area (Å²) in [4.78, 5) is 2.37. The summed E-state index contributed by atoms with van der Waals surface area (Å²) in [6, 6.07) is 78.8. The van der Waals surface area contributed by atoms with Gasteiger partial charge in [-0.05, 0) is 128 Å². The minimum Gasteiger partial charge on any atom is -0.456 e. The summed E-state index contributed by atoms with van der Waals surface area (Å²) in [7, 11) is 0. The van der Waals surface area contributed by atoms with Crippen molar-refractivity contribution in [3.05, 3.63) is 230 Å². The molecule has 3 heterocycles. The molecular weight excluding hydrogens is 817 g/mol. The van der Waals surface area contributed by atoms with Crippen molar-refractivity contribution >= 4 is 77.5 Å². The third-order valence-electron chi connectivity index (χ3n) is 14.4. The zero-order chi connectivity index (χ0) is 44.4. The highest BCUT2D eigenvalue weighted by Crippen LogP contribution is 2.52. The zero-order valence-corrected chi connectivity index (χ0v) is 37.0. The number of benzene rings is 10. The first-order valence-corrected chi connectivity index (χ1v) is 23.1.